The highest BCUT2D eigenvalue weighted by Crippen LogP contribution is 2.37. The number of methoxy groups -OCH3 is 1. The third-order valence-electron chi connectivity index (χ3n) is 5.58. The lowest BCUT2D eigenvalue weighted by molar-refractivity contribution is 0.138. The lowest BCUT2D eigenvalue weighted by Gasteiger charge is -2.41. The highest BCUT2D eigenvalue weighted by molar-refractivity contribution is 6.00. The first kappa shape index (κ1) is 18.0. The van der Waals surface area contributed by atoms with Gasteiger partial charge in [0.1, 0.15) is 0 Å². The number of ether oxygens (including phenoxy) is 1. The molecule has 27 heavy (non-hydrogen) atoms. The van der Waals surface area contributed by atoms with Gasteiger partial charge in [-0.1, -0.05) is 12.1 Å². The maximum Gasteiger partial charge on any atom is 0.0864 e. The number of aryl methyl sites for hydroxylation is 1. The summed E-state index contributed by atoms with van der Waals surface area (Å²) < 4.78 is 5.32. The summed E-state index contributed by atoms with van der Waals surface area (Å²) in [6.45, 7) is 6.06. The number of piperazine rings is 1. The zero-order valence-corrected chi connectivity index (χ0v) is 16.4. The van der Waals surface area contributed by atoms with E-state index in [0.717, 1.165) is 49.7 Å². The van der Waals surface area contributed by atoms with Gasteiger partial charge in [-0.15, -0.1) is 0 Å². The van der Waals surface area contributed by atoms with E-state index in [1.165, 1.54) is 16.8 Å². The van der Waals surface area contributed by atoms with Gasteiger partial charge < -0.3 is 15.0 Å². The van der Waals surface area contributed by atoms with Crippen LogP contribution >= 0.6 is 0 Å². The Morgan fingerprint density at radius 1 is 1.19 bits per heavy atom. The Morgan fingerprint density at radius 3 is 2.89 bits per heavy atom. The molecule has 1 atom stereocenters. The number of anilines is 3. The lowest BCUT2D eigenvalue weighted by Crippen LogP contribution is -2.52. The summed E-state index contributed by atoms with van der Waals surface area (Å²) in [5.74, 6) is 0. The zero-order valence-electron chi connectivity index (χ0n) is 16.4. The van der Waals surface area contributed by atoms with Gasteiger partial charge in [-0.05, 0) is 50.2 Å². The van der Waals surface area contributed by atoms with Crippen molar-refractivity contribution in [3.8, 4) is 0 Å². The van der Waals surface area contributed by atoms with Crippen molar-refractivity contribution in [1.82, 2.24) is 4.90 Å². The Bertz CT molecular complexity index is 848. The zero-order chi connectivity index (χ0) is 18.8. The summed E-state index contributed by atoms with van der Waals surface area (Å²) in [5.41, 5.74) is 6.87. The fraction of sp³-hybridized carbons (Fsp3) is 0.409. The fourth-order valence-electron chi connectivity index (χ4n) is 3.98. The summed E-state index contributed by atoms with van der Waals surface area (Å²) in [4.78, 5) is 9.71. The molecule has 142 valence electrons. The third-order valence-corrected chi connectivity index (χ3v) is 5.58. The second-order valence-corrected chi connectivity index (χ2v) is 7.51. The van der Waals surface area contributed by atoms with Gasteiger partial charge in [-0.3, -0.25) is 9.89 Å². The van der Waals surface area contributed by atoms with Gasteiger partial charge in [0.05, 0.1) is 11.4 Å². The van der Waals surface area contributed by atoms with Gasteiger partial charge in [-0.2, -0.15) is 0 Å². The number of nitrogens with one attached hydrogen (secondary N) is 1. The van der Waals surface area contributed by atoms with E-state index < -0.39 is 0 Å². The minimum Gasteiger partial charge on any atom is -0.385 e. The molecule has 1 N–H and O–H groups in total. The second-order valence-electron chi connectivity index (χ2n) is 7.51. The maximum atomic E-state index is 5.32. The smallest absolute Gasteiger partial charge is 0.0864 e. The van der Waals surface area contributed by atoms with Gasteiger partial charge in [-0.25, -0.2) is 0 Å². The van der Waals surface area contributed by atoms with Crippen molar-refractivity contribution >= 4 is 29.0 Å². The summed E-state index contributed by atoms with van der Waals surface area (Å²) in [6, 6.07) is 13.2. The number of hydrogen-bond acceptors (Lipinski definition) is 5. The van der Waals surface area contributed by atoms with E-state index in [1.807, 2.05) is 24.4 Å². The average Bonchev–Trinajstić information content (AvgIpc) is 2.85. The Morgan fingerprint density at radius 2 is 2.04 bits per heavy atom. The van der Waals surface area contributed by atoms with Gasteiger partial charge in [0.2, 0.25) is 0 Å². The molecule has 1 saturated heterocycles. The van der Waals surface area contributed by atoms with Crippen molar-refractivity contribution in [1.29, 1.82) is 0 Å². The monoisotopic (exact) mass is 364 g/mol. The molecular weight excluding hydrogens is 336 g/mol. The van der Waals surface area contributed by atoms with Crippen molar-refractivity contribution < 1.29 is 4.74 Å². The third kappa shape index (κ3) is 3.70. The molecule has 0 aliphatic carbocycles. The quantitative estimate of drug-likeness (QED) is 0.761. The van der Waals surface area contributed by atoms with E-state index >= 15 is 0 Å². The van der Waals surface area contributed by atoms with Crippen molar-refractivity contribution in [3.05, 3.63) is 47.5 Å². The first-order valence-electron chi connectivity index (χ1n) is 9.64. The Hall–Kier alpha value is -2.37. The van der Waals surface area contributed by atoms with Gasteiger partial charge in [0.15, 0.2) is 0 Å². The van der Waals surface area contributed by atoms with Crippen molar-refractivity contribution in [2.45, 2.75) is 19.4 Å². The molecule has 5 nitrogen and oxygen atoms in total. The minimum absolute atomic E-state index is 0.503. The minimum atomic E-state index is 0.503. The largest absolute Gasteiger partial charge is 0.385 e. The van der Waals surface area contributed by atoms with Crippen LogP contribution in [0.4, 0.5) is 22.7 Å². The van der Waals surface area contributed by atoms with Crippen molar-refractivity contribution in [2.75, 3.05) is 50.6 Å². The van der Waals surface area contributed by atoms with E-state index in [1.54, 1.807) is 7.11 Å². The highest BCUT2D eigenvalue weighted by atomic mass is 16.5. The number of rotatable bonds is 4. The van der Waals surface area contributed by atoms with Gasteiger partial charge in [0, 0.05) is 62.5 Å². The number of benzene rings is 2. The molecule has 1 fully saturated rings. The Labute approximate surface area is 161 Å². The molecule has 2 aliphatic rings. The summed E-state index contributed by atoms with van der Waals surface area (Å²) in [5, 5.41) is 3.60. The summed E-state index contributed by atoms with van der Waals surface area (Å²) in [6.07, 6.45) is 3.07. The number of fused-ring (bicyclic) bond motifs is 2. The van der Waals surface area contributed by atoms with Crippen molar-refractivity contribution in [2.24, 2.45) is 4.99 Å². The van der Waals surface area contributed by atoms with E-state index in [9.17, 15) is 0 Å². The number of aliphatic imine (C=N–C) groups is 1. The van der Waals surface area contributed by atoms with Crippen LogP contribution in [0.1, 0.15) is 17.5 Å². The predicted octanol–water partition coefficient (Wildman–Crippen LogP) is 3.96. The molecule has 0 bridgehead atoms. The molecule has 0 saturated carbocycles. The van der Waals surface area contributed by atoms with Crippen LogP contribution in [0.25, 0.3) is 0 Å². The molecule has 0 radical (unpaired) electrons. The molecule has 2 aromatic carbocycles. The normalized spacial score (nSPS) is 19.2. The first-order valence-corrected chi connectivity index (χ1v) is 9.64. The van der Waals surface area contributed by atoms with E-state index in [-0.39, 0.29) is 0 Å². The van der Waals surface area contributed by atoms with E-state index in [2.05, 4.69) is 47.3 Å². The maximum absolute atomic E-state index is 5.32. The standard InChI is InChI=1S/C22H28N4O/c1-16-12-21-18(14-23-19-6-4-5-7-20(19)24-21)22(13-16)26-10-9-25(2)17(15-26)8-11-27-3/h4-7,12-14,17,24H,8-11,15H2,1-3H3/t17-/m0/s1. The number of hydrogen-bond donors (Lipinski definition) is 1. The van der Waals surface area contributed by atoms with Gasteiger partial charge >= 0.3 is 0 Å². The fourth-order valence-corrected chi connectivity index (χ4v) is 3.98. The van der Waals surface area contributed by atoms with Crippen LogP contribution in [0.15, 0.2) is 41.4 Å². The molecule has 2 aromatic rings. The van der Waals surface area contributed by atoms with Crippen LogP contribution in [-0.2, 0) is 4.74 Å². The SMILES string of the molecule is COCC[C@H]1CN(c2cc(C)cc3c2C=Nc2ccccc2N3)CCN1C. The van der Waals surface area contributed by atoms with Crippen LogP contribution in [0, 0.1) is 6.92 Å². The average molecular weight is 364 g/mol. The summed E-state index contributed by atoms with van der Waals surface area (Å²) in [7, 11) is 3.99. The molecule has 4 rings (SSSR count). The summed E-state index contributed by atoms with van der Waals surface area (Å²) >= 11 is 0. The van der Waals surface area contributed by atoms with E-state index in [0.29, 0.717) is 6.04 Å². The number of nitrogens with zero attached hydrogens (tertiary/aromatic N) is 3. The van der Waals surface area contributed by atoms with Crippen LogP contribution in [0.2, 0.25) is 0 Å². The molecule has 0 amide bonds. The second kappa shape index (κ2) is 7.71. The van der Waals surface area contributed by atoms with Crippen molar-refractivity contribution in [3.63, 3.8) is 0 Å². The molecule has 0 unspecified atom stereocenters. The van der Waals surface area contributed by atoms with Crippen LogP contribution in [-0.4, -0.2) is 57.6 Å². The predicted molar refractivity (Wildman–Crippen MR) is 113 cm³/mol. The van der Waals surface area contributed by atoms with Gasteiger partial charge in [0.25, 0.3) is 0 Å². The molecule has 2 aliphatic heterocycles. The van der Waals surface area contributed by atoms with Crippen LogP contribution in [0.5, 0.6) is 0 Å². The number of likely N-dealkylation sites (N-methyl/N-ethyl adjacent to an activating group) is 1. The molecule has 0 aromatic heterocycles. The Kier molecular flexibility index (Phi) is 5.14. The van der Waals surface area contributed by atoms with E-state index in [4.69, 9.17) is 9.73 Å². The molecule has 2 heterocycles. The lowest BCUT2D eigenvalue weighted by atomic mass is 10.0. The molecular formula is C22H28N4O. The molecule has 5 heteroatoms. The number of para-hydroxylation sites is 2. The van der Waals surface area contributed by atoms with Crippen LogP contribution < -0.4 is 10.2 Å². The topological polar surface area (TPSA) is 40.1 Å². The first-order chi connectivity index (χ1) is 13.2. The van der Waals surface area contributed by atoms with Crippen LogP contribution in [0.3, 0.4) is 0 Å². The highest BCUT2D eigenvalue weighted by Gasteiger charge is 2.26. The Balaban J connectivity index is 1.68. The molecule has 0 spiro atoms.